The molecule has 20 heavy (non-hydrogen) atoms. The van der Waals surface area contributed by atoms with Crippen LogP contribution in [0.15, 0.2) is 24.3 Å². The van der Waals surface area contributed by atoms with Gasteiger partial charge in [-0.3, -0.25) is 4.90 Å². The first kappa shape index (κ1) is 17.4. The summed E-state index contributed by atoms with van der Waals surface area (Å²) in [5, 5.41) is 10.7. The van der Waals surface area contributed by atoms with Gasteiger partial charge in [0.25, 0.3) is 0 Å². The number of rotatable bonds is 9. The van der Waals surface area contributed by atoms with Gasteiger partial charge in [-0.25, -0.2) is 0 Å². The maximum absolute atomic E-state index is 9.94. The Bertz CT molecular complexity index is 389. The van der Waals surface area contributed by atoms with Crippen molar-refractivity contribution >= 4 is 11.6 Å². The van der Waals surface area contributed by atoms with Crippen LogP contribution in [0, 0.1) is 0 Å². The summed E-state index contributed by atoms with van der Waals surface area (Å²) in [5.41, 5.74) is 1.05. The predicted molar refractivity (Wildman–Crippen MR) is 81.1 cm³/mol. The number of hydrogen-bond donors (Lipinski definition) is 1. The van der Waals surface area contributed by atoms with Gasteiger partial charge < -0.3 is 14.6 Å². The Kier molecular flexibility index (Phi) is 8.11. The average Bonchev–Trinajstić information content (AvgIpc) is 2.39. The van der Waals surface area contributed by atoms with Crippen molar-refractivity contribution in [3.05, 3.63) is 34.9 Å². The van der Waals surface area contributed by atoms with E-state index in [-0.39, 0.29) is 6.10 Å². The lowest BCUT2D eigenvalue weighted by molar-refractivity contribution is -0.0385. The molecule has 114 valence electrons. The van der Waals surface area contributed by atoms with Gasteiger partial charge in [-0.05, 0) is 25.6 Å². The Morgan fingerprint density at radius 1 is 1.30 bits per heavy atom. The van der Waals surface area contributed by atoms with Crippen LogP contribution >= 0.6 is 11.6 Å². The van der Waals surface area contributed by atoms with Gasteiger partial charge in [-0.1, -0.05) is 29.8 Å². The van der Waals surface area contributed by atoms with Gasteiger partial charge in [0.05, 0.1) is 25.4 Å². The lowest BCUT2D eigenvalue weighted by Gasteiger charge is -2.22. The number of hydrogen-bond acceptors (Lipinski definition) is 4. The van der Waals surface area contributed by atoms with Crippen molar-refractivity contribution in [3.63, 3.8) is 0 Å². The molecule has 2 unspecified atom stereocenters. The zero-order valence-electron chi connectivity index (χ0n) is 12.4. The molecule has 0 aliphatic carbocycles. The molecule has 0 saturated heterocycles. The third kappa shape index (κ3) is 6.68. The Labute approximate surface area is 126 Å². The van der Waals surface area contributed by atoms with Gasteiger partial charge in [0, 0.05) is 25.2 Å². The molecular formula is C15H24ClNO3. The zero-order valence-corrected chi connectivity index (χ0v) is 13.1. The minimum atomic E-state index is -0.526. The average molecular weight is 302 g/mol. The van der Waals surface area contributed by atoms with Gasteiger partial charge in [0.2, 0.25) is 0 Å². The molecule has 1 N–H and O–H groups in total. The molecular weight excluding hydrogens is 278 g/mol. The van der Waals surface area contributed by atoms with Crippen LogP contribution in [0.4, 0.5) is 0 Å². The van der Waals surface area contributed by atoms with E-state index in [4.69, 9.17) is 21.1 Å². The molecule has 5 heteroatoms. The molecule has 0 fully saturated rings. The van der Waals surface area contributed by atoms with Crippen LogP contribution in [0.25, 0.3) is 0 Å². The fraction of sp³-hybridized carbons (Fsp3) is 0.600. The fourth-order valence-corrected chi connectivity index (χ4v) is 2.15. The van der Waals surface area contributed by atoms with Gasteiger partial charge in [0.15, 0.2) is 0 Å². The molecule has 1 rings (SSSR count). The summed E-state index contributed by atoms with van der Waals surface area (Å²) in [6.45, 7) is 3.98. The van der Waals surface area contributed by atoms with Crippen LogP contribution in [0.2, 0.25) is 5.02 Å². The van der Waals surface area contributed by atoms with E-state index in [2.05, 4.69) is 0 Å². The van der Waals surface area contributed by atoms with Gasteiger partial charge in [-0.2, -0.15) is 0 Å². The van der Waals surface area contributed by atoms with Crippen molar-refractivity contribution < 1.29 is 14.6 Å². The van der Waals surface area contributed by atoms with Crippen LogP contribution in [0.5, 0.6) is 0 Å². The second-order valence-corrected chi connectivity index (χ2v) is 5.45. The summed E-state index contributed by atoms with van der Waals surface area (Å²) in [5.74, 6) is 0. The third-order valence-electron chi connectivity index (χ3n) is 2.90. The maximum Gasteiger partial charge on any atom is 0.0900 e. The number of aliphatic hydroxyl groups excluding tert-OH is 1. The third-order valence-corrected chi connectivity index (χ3v) is 3.26. The number of halogens is 1. The highest BCUT2D eigenvalue weighted by molar-refractivity contribution is 6.31. The number of methoxy groups -OCH3 is 1. The summed E-state index contributed by atoms with van der Waals surface area (Å²) in [6, 6.07) is 7.73. The molecule has 0 bridgehead atoms. The van der Waals surface area contributed by atoms with E-state index < -0.39 is 6.10 Å². The molecule has 0 aliphatic rings. The summed E-state index contributed by atoms with van der Waals surface area (Å²) in [7, 11) is 3.58. The molecule has 0 heterocycles. The highest BCUT2D eigenvalue weighted by atomic mass is 35.5. The van der Waals surface area contributed by atoms with Crippen molar-refractivity contribution in [2.24, 2.45) is 0 Å². The van der Waals surface area contributed by atoms with Gasteiger partial charge in [0.1, 0.15) is 0 Å². The van der Waals surface area contributed by atoms with E-state index in [0.29, 0.717) is 26.3 Å². The van der Waals surface area contributed by atoms with Crippen molar-refractivity contribution in [2.45, 2.75) is 25.7 Å². The minimum absolute atomic E-state index is 0.0106. The van der Waals surface area contributed by atoms with Crippen molar-refractivity contribution in [1.82, 2.24) is 4.90 Å². The lowest BCUT2D eigenvalue weighted by atomic mass is 10.2. The number of likely N-dealkylation sites (N-methyl/N-ethyl adjacent to an activating group) is 1. The van der Waals surface area contributed by atoms with E-state index >= 15 is 0 Å². The molecule has 0 radical (unpaired) electrons. The second kappa shape index (κ2) is 9.32. The monoisotopic (exact) mass is 301 g/mol. The summed E-state index contributed by atoms with van der Waals surface area (Å²) in [6.07, 6.45) is -0.537. The van der Waals surface area contributed by atoms with Crippen LogP contribution in [-0.4, -0.2) is 56.1 Å². The Balaban J connectivity index is 2.31. The molecule has 0 aliphatic heterocycles. The topological polar surface area (TPSA) is 41.9 Å². The maximum atomic E-state index is 9.94. The molecule has 0 amide bonds. The Hall–Kier alpha value is -0.650. The quantitative estimate of drug-likeness (QED) is 0.759. The predicted octanol–water partition coefficient (Wildman–Crippen LogP) is 2.18. The molecule has 2 atom stereocenters. The van der Waals surface area contributed by atoms with Gasteiger partial charge >= 0.3 is 0 Å². The standard InChI is InChI=1S/C15H24ClNO3/c1-12(10-19-3)20-11-14(18)9-17(2)8-13-6-4-5-7-15(13)16/h4-7,12,14,18H,8-11H2,1-3H3. The van der Waals surface area contributed by atoms with E-state index in [1.165, 1.54) is 0 Å². The van der Waals surface area contributed by atoms with Crippen LogP contribution in [0.1, 0.15) is 12.5 Å². The van der Waals surface area contributed by atoms with Crippen LogP contribution < -0.4 is 0 Å². The largest absolute Gasteiger partial charge is 0.389 e. The Morgan fingerprint density at radius 2 is 2.00 bits per heavy atom. The zero-order chi connectivity index (χ0) is 15.0. The summed E-state index contributed by atoms with van der Waals surface area (Å²) in [4.78, 5) is 2.02. The minimum Gasteiger partial charge on any atom is -0.389 e. The fourth-order valence-electron chi connectivity index (χ4n) is 1.95. The van der Waals surface area contributed by atoms with E-state index in [1.54, 1.807) is 7.11 Å². The van der Waals surface area contributed by atoms with E-state index in [9.17, 15) is 5.11 Å². The first-order valence-electron chi connectivity index (χ1n) is 6.73. The SMILES string of the molecule is COCC(C)OCC(O)CN(C)Cc1ccccc1Cl. The molecule has 0 saturated carbocycles. The van der Waals surface area contributed by atoms with Crippen molar-refractivity contribution in [2.75, 3.05) is 33.9 Å². The second-order valence-electron chi connectivity index (χ2n) is 5.04. The smallest absolute Gasteiger partial charge is 0.0900 e. The first-order valence-corrected chi connectivity index (χ1v) is 7.11. The normalized spacial score (nSPS) is 14.5. The first-order chi connectivity index (χ1) is 9.52. The van der Waals surface area contributed by atoms with Gasteiger partial charge in [-0.15, -0.1) is 0 Å². The molecule has 1 aromatic carbocycles. The highest BCUT2D eigenvalue weighted by Crippen LogP contribution is 2.16. The van der Waals surface area contributed by atoms with Crippen molar-refractivity contribution in [3.8, 4) is 0 Å². The van der Waals surface area contributed by atoms with E-state index in [0.717, 1.165) is 10.6 Å². The molecule has 0 spiro atoms. The lowest BCUT2D eigenvalue weighted by Crippen LogP contribution is -2.33. The summed E-state index contributed by atoms with van der Waals surface area (Å²) >= 11 is 6.11. The highest BCUT2D eigenvalue weighted by Gasteiger charge is 2.12. The number of ether oxygens (including phenoxy) is 2. The molecule has 0 aromatic heterocycles. The number of aliphatic hydroxyl groups is 1. The number of benzene rings is 1. The molecule has 1 aromatic rings. The Morgan fingerprint density at radius 3 is 2.65 bits per heavy atom. The van der Waals surface area contributed by atoms with Crippen LogP contribution in [-0.2, 0) is 16.0 Å². The molecule has 4 nitrogen and oxygen atoms in total. The number of nitrogens with zero attached hydrogens (tertiary/aromatic N) is 1. The van der Waals surface area contributed by atoms with E-state index in [1.807, 2.05) is 43.1 Å². The summed E-state index contributed by atoms with van der Waals surface area (Å²) < 4.78 is 10.5. The van der Waals surface area contributed by atoms with Crippen molar-refractivity contribution in [1.29, 1.82) is 0 Å². The van der Waals surface area contributed by atoms with Crippen LogP contribution in [0.3, 0.4) is 0 Å².